The van der Waals surface area contributed by atoms with Crippen LogP contribution in [0.3, 0.4) is 0 Å². The molecular weight excluding hydrogens is 233 g/mol. The summed E-state index contributed by atoms with van der Waals surface area (Å²) in [4.78, 5) is 3.78. The van der Waals surface area contributed by atoms with E-state index in [2.05, 4.69) is 4.98 Å². The van der Waals surface area contributed by atoms with Gasteiger partial charge in [-0.05, 0) is 11.6 Å². The lowest BCUT2D eigenvalue weighted by molar-refractivity contribution is 0.598. The second kappa shape index (κ2) is 2.83. The Morgan fingerprint density at radius 2 is 2.00 bits per heavy atom. The summed E-state index contributed by atoms with van der Waals surface area (Å²) in [6, 6.07) is 1.55. The van der Waals surface area contributed by atoms with Crippen LogP contribution in [0.15, 0.2) is 6.07 Å². The maximum atomic E-state index is 11.2. The molecule has 2 heterocycles. The number of hydrogen-bond donors (Lipinski definition) is 0. The van der Waals surface area contributed by atoms with Gasteiger partial charge in [0.2, 0.25) is 0 Å². The van der Waals surface area contributed by atoms with Crippen molar-refractivity contribution in [3.8, 4) is 0 Å². The van der Waals surface area contributed by atoms with Gasteiger partial charge in [0, 0.05) is 5.56 Å². The summed E-state index contributed by atoms with van der Waals surface area (Å²) in [5, 5.41) is 0.435. The highest BCUT2D eigenvalue weighted by Crippen LogP contribution is 2.31. The number of fused-ring (bicyclic) bond motifs is 1. The first-order valence-electron chi connectivity index (χ1n) is 3.52. The third-order valence-corrected chi connectivity index (χ3v) is 3.86. The molecule has 1 aliphatic heterocycles. The van der Waals surface area contributed by atoms with Gasteiger partial charge in [0.1, 0.15) is 10.3 Å². The summed E-state index contributed by atoms with van der Waals surface area (Å²) in [6.07, 6.45) is 0. The van der Waals surface area contributed by atoms with Crippen molar-refractivity contribution in [2.24, 2.45) is 0 Å². The topological polar surface area (TPSA) is 47.0 Å². The highest BCUT2D eigenvalue weighted by Gasteiger charge is 2.27. The molecule has 0 saturated carbocycles. The zero-order valence-electron chi connectivity index (χ0n) is 6.42. The van der Waals surface area contributed by atoms with Crippen molar-refractivity contribution in [3.05, 3.63) is 27.5 Å². The van der Waals surface area contributed by atoms with Crippen molar-refractivity contribution in [1.82, 2.24) is 4.98 Å². The summed E-state index contributed by atoms with van der Waals surface area (Å²) in [7, 11) is -3.03. The fourth-order valence-electron chi connectivity index (χ4n) is 1.35. The molecule has 0 saturated heterocycles. The number of aromatic nitrogens is 1. The minimum absolute atomic E-state index is 0.0181. The molecule has 2 rings (SSSR count). The second-order valence-corrected chi connectivity index (χ2v) is 5.72. The Hall–Kier alpha value is -0.320. The van der Waals surface area contributed by atoms with Gasteiger partial charge in [-0.3, -0.25) is 0 Å². The largest absolute Gasteiger partial charge is 0.228 e. The van der Waals surface area contributed by atoms with Crippen molar-refractivity contribution >= 4 is 33.0 Å². The summed E-state index contributed by atoms with van der Waals surface area (Å²) < 4.78 is 22.4. The smallest absolute Gasteiger partial charge is 0.158 e. The summed E-state index contributed by atoms with van der Waals surface area (Å²) in [6.45, 7) is 0. The van der Waals surface area contributed by atoms with E-state index in [1.54, 1.807) is 6.07 Å². The van der Waals surface area contributed by atoms with Crippen LogP contribution in [0.25, 0.3) is 0 Å². The van der Waals surface area contributed by atoms with Crippen LogP contribution in [0.5, 0.6) is 0 Å². The molecule has 0 aliphatic carbocycles. The minimum Gasteiger partial charge on any atom is -0.228 e. The fourth-order valence-corrected chi connectivity index (χ4v) is 3.56. The molecule has 0 radical (unpaired) electrons. The number of nitrogens with zero attached hydrogens (tertiary/aromatic N) is 1. The summed E-state index contributed by atoms with van der Waals surface area (Å²) in [5.41, 5.74) is 1.26. The minimum atomic E-state index is -3.03. The predicted octanol–water partition coefficient (Wildman–Crippen LogP) is 1.82. The lowest BCUT2D eigenvalue weighted by Crippen LogP contribution is -1.95. The third-order valence-electron chi connectivity index (χ3n) is 1.87. The number of hydrogen-bond acceptors (Lipinski definition) is 3. The highest BCUT2D eigenvalue weighted by atomic mass is 35.5. The van der Waals surface area contributed by atoms with E-state index in [1.807, 2.05) is 0 Å². The van der Waals surface area contributed by atoms with E-state index in [-0.39, 0.29) is 21.8 Å². The summed E-state index contributed by atoms with van der Waals surface area (Å²) in [5.74, 6) is -0.00434. The molecule has 1 aromatic heterocycles. The predicted molar refractivity (Wildman–Crippen MR) is 50.6 cm³/mol. The van der Waals surface area contributed by atoms with Gasteiger partial charge >= 0.3 is 0 Å². The standard InChI is InChI=1S/C7H5Cl2NO2S/c8-6-1-4-2-13(11,12)3-5(4)7(9)10-6/h1H,2-3H2. The molecule has 0 N–H and O–H groups in total. The molecule has 1 aromatic rings. The van der Waals surface area contributed by atoms with Crippen LogP contribution in [0, 0.1) is 0 Å². The van der Waals surface area contributed by atoms with Crippen molar-refractivity contribution < 1.29 is 8.42 Å². The normalized spacial score (nSPS) is 18.6. The van der Waals surface area contributed by atoms with Crippen LogP contribution in [0.2, 0.25) is 10.3 Å². The maximum absolute atomic E-state index is 11.2. The molecule has 3 nitrogen and oxygen atoms in total. The van der Waals surface area contributed by atoms with E-state index in [9.17, 15) is 8.42 Å². The number of sulfone groups is 1. The maximum Gasteiger partial charge on any atom is 0.158 e. The van der Waals surface area contributed by atoms with Gasteiger partial charge < -0.3 is 0 Å². The van der Waals surface area contributed by atoms with E-state index >= 15 is 0 Å². The Bertz CT molecular complexity index is 470. The lowest BCUT2D eigenvalue weighted by atomic mass is 10.2. The van der Waals surface area contributed by atoms with Gasteiger partial charge in [0.15, 0.2) is 9.84 Å². The van der Waals surface area contributed by atoms with Crippen LogP contribution in [0.4, 0.5) is 0 Å². The highest BCUT2D eigenvalue weighted by molar-refractivity contribution is 7.90. The molecule has 0 bridgehead atoms. The average Bonchev–Trinajstić information content (AvgIpc) is 2.23. The monoisotopic (exact) mass is 237 g/mol. The molecular formula is C7H5Cl2NO2S. The van der Waals surface area contributed by atoms with Crippen LogP contribution >= 0.6 is 23.2 Å². The Morgan fingerprint density at radius 3 is 2.69 bits per heavy atom. The second-order valence-electron chi connectivity index (χ2n) is 2.91. The zero-order chi connectivity index (χ0) is 9.64. The molecule has 0 aromatic carbocycles. The Morgan fingerprint density at radius 1 is 1.31 bits per heavy atom. The Balaban J connectivity index is 2.64. The van der Waals surface area contributed by atoms with E-state index in [0.29, 0.717) is 11.1 Å². The van der Waals surface area contributed by atoms with Crippen molar-refractivity contribution in [2.75, 3.05) is 0 Å². The van der Waals surface area contributed by atoms with Crippen molar-refractivity contribution in [1.29, 1.82) is 0 Å². The number of halogens is 2. The van der Waals surface area contributed by atoms with Gasteiger partial charge in [-0.15, -0.1) is 0 Å². The van der Waals surface area contributed by atoms with E-state index in [0.717, 1.165) is 0 Å². The molecule has 0 fully saturated rings. The molecule has 1 aliphatic rings. The average molecular weight is 238 g/mol. The number of pyridine rings is 1. The van der Waals surface area contributed by atoms with Crippen molar-refractivity contribution in [2.45, 2.75) is 11.5 Å². The third kappa shape index (κ3) is 1.66. The van der Waals surface area contributed by atoms with Crippen LogP contribution < -0.4 is 0 Å². The Kier molecular flexibility index (Phi) is 2.02. The first-order chi connectivity index (χ1) is 5.98. The summed E-state index contributed by atoms with van der Waals surface area (Å²) >= 11 is 11.4. The van der Waals surface area contributed by atoms with Crippen LogP contribution in [-0.2, 0) is 21.3 Å². The van der Waals surface area contributed by atoms with Gasteiger partial charge in [-0.1, -0.05) is 23.2 Å². The molecule has 70 valence electrons. The SMILES string of the molecule is O=S1(=O)Cc2cc(Cl)nc(Cl)c2C1. The fraction of sp³-hybridized carbons (Fsp3) is 0.286. The quantitative estimate of drug-likeness (QED) is 0.647. The Labute approximate surface area is 85.6 Å². The first-order valence-corrected chi connectivity index (χ1v) is 6.10. The number of rotatable bonds is 0. The van der Waals surface area contributed by atoms with Crippen LogP contribution in [-0.4, -0.2) is 13.4 Å². The van der Waals surface area contributed by atoms with E-state index in [4.69, 9.17) is 23.2 Å². The molecule has 0 amide bonds. The lowest BCUT2D eigenvalue weighted by Gasteiger charge is -1.98. The molecule has 0 atom stereocenters. The zero-order valence-corrected chi connectivity index (χ0v) is 8.75. The molecule has 0 spiro atoms. The van der Waals surface area contributed by atoms with Gasteiger partial charge in [-0.2, -0.15) is 0 Å². The van der Waals surface area contributed by atoms with Gasteiger partial charge in [0.25, 0.3) is 0 Å². The van der Waals surface area contributed by atoms with Gasteiger partial charge in [0.05, 0.1) is 11.5 Å². The van der Waals surface area contributed by atoms with E-state index < -0.39 is 9.84 Å². The molecule has 0 unspecified atom stereocenters. The first kappa shape index (κ1) is 9.24. The van der Waals surface area contributed by atoms with Crippen LogP contribution in [0.1, 0.15) is 11.1 Å². The molecule has 6 heteroatoms. The van der Waals surface area contributed by atoms with Gasteiger partial charge in [-0.25, -0.2) is 13.4 Å². The molecule has 13 heavy (non-hydrogen) atoms. The van der Waals surface area contributed by atoms with Crippen molar-refractivity contribution in [3.63, 3.8) is 0 Å². The van der Waals surface area contributed by atoms with E-state index in [1.165, 1.54) is 0 Å².